The Morgan fingerprint density at radius 2 is 1.44 bits per heavy atom. The summed E-state index contributed by atoms with van der Waals surface area (Å²) in [5, 5.41) is 6.24. The number of fused-ring (bicyclic) bond motifs is 5. The summed E-state index contributed by atoms with van der Waals surface area (Å²) < 4.78 is 5.37. The summed E-state index contributed by atoms with van der Waals surface area (Å²) in [6, 6.07) is 23.7. The SMILES string of the molecule is Cc1ccc2cc1-c1cc(ccc1C)[C@H](N(C)C(=O)[C@H](CCCCNC(=O)OC(C)(C)C)CC(=O)c1ccc(-c3ccc(Cl)cc3)cc1)C(=O)C[C@@H](C)C(=O)N[C@H](C(=O)C[C@@H](C)C(=O)CCC(N)=O)C2. The molecule has 4 aromatic carbocycles. The van der Waals surface area contributed by atoms with E-state index in [1.54, 1.807) is 65.9 Å². The minimum absolute atomic E-state index is 0.0954. The second-order valence-corrected chi connectivity index (χ2v) is 20.2. The van der Waals surface area contributed by atoms with Gasteiger partial charge in [0.25, 0.3) is 0 Å². The molecule has 372 valence electrons. The lowest BCUT2D eigenvalue weighted by atomic mass is 9.86. The molecule has 4 amide bonds. The molecule has 5 atom stereocenters. The molecule has 5 rings (SSSR count). The third-order valence-electron chi connectivity index (χ3n) is 12.8. The van der Waals surface area contributed by atoms with E-state index in [1.165, 1.54) is 4.90 Å². The highest BCUT2D eigenvalue weighted by Gasteiger charge is 2.36. The molecule has 0 radical (unpaired) electrons. The number of ether oxygens (including phenoxy) is 1. The van der Waals surface area contributed by atoms with E-state index < -0.39 is 65.0 Å². The maximum absolute atomic E-state index is 15.0. The maximum atomic E-state index is 15.0. The van der Waals surface area contributed by atoms with Gasteiger partial charge in [-0.3, -0.25) is 33.6 Å². The number of Topliss-reactive ketones (excluding diaryl/α,β-unsaturated/α-hetero) is 4. The molecule has 4 bridgehead atoms. The van der Waals surface area contributed by atoms with Crippen LogP contribution in [0.25, 0.3) is 22.3 Å². The lowest BCUT2D eigenvalue weighted by molar-refractivity contribution is -0.142. The van der Waals surface area contributed by atoms with E-state index in [0.29, 0.717) is 29.0 Å². The van der Waals surface area contributed by atoms with Crippen molar-refractivity contribution in [1.82, 2.24) is 15.5 Å². The van der Waals surface area contributed by atoms with Gasteiger partial charge in [0, 0.05) is 74.0 Å². The van der Waals surface area contributed by atoms with Crippen LogP contribution in [-0.2, 0) is 39.9 Å². The average Bonchev–Trinajstić information content (AvgIpc) is 3.30. The van der Waals surface area contributed by atoms with Gasteiger partial charge >= 0.3 is 6.09 Å². The van der Waals surface area contributed by atoms with Crippen LogP contribution in [-0.4, -0.2) is 77.1 Å². The molecule has 4 aromatic rings. The molecular formula is C56H67ClN4O9. The van der Waals surface area contributed by atoms with Crippen LogP contribution in [0.3, 0.4) is 0 Å². The number of primary amides is 1. The molecule has 13 nitrogen and oxygen atoms in total. The number of benzene rings is 4. The van der Waals surface area contributed by atoms with E-state index in [1.807, 2.05) is 74.5 Å². The van der Waals surface area contributed by atoms with E-state index in [-0.39, 0.29) is 68.8 Å². The summed E-state index contributed by atoms with van der Waals surface area (Å²) >= 11 is 6.10. The van der Waals surface area contributed by atoms with Crippen LogP contribution in [0.1, 0.15) is 125 Å². The lowest BCUT2D eigenvalue weighted by Crippen LogP contribution is -2.46. The average molecular weight is 976 g/mol. The maximum Gasteiger partial charge on any atom is 0.407 e. The fourth-order valence-electron chi connectivity index (χ4n) is 8.74. The minimum atomic E-state index is -1.16. The second-order valence-electron chi connectivity index (χ2n) is 19.7. The predicted molar refractivity (Wildman–Crippen MR) is 271 cm³/mol. The summed E-state index contributed by atoms with van der Waals surface area (Å²) in [5.41, 5.74) is 11.6. The Bertz CT molecular complexity index is 2580. The van der Waals surface area contributed by atoms with Gasteiger partial charge in [-0.05, 0) is 117 Å². The second kappa shape index (κ2) is 24.4. The van der Waals surface area contributed by atoms with Crippen LogP contribution < -0.4 is 16.4 Å². The number of unbranched alkanes of at least 4 members (excludes halogenated alkanes) is 1. The van der Waals surface area contributed by atoms with Crippen molar-refractivity contribution in [3.63, 3.8) is 0 Å². The number of carbonyl (C=O) groups excluding carboxylic acids is 8. The number of nitrogens with zero attached hydrogens (tertiary/aromatic N) is 1. The molecular weight excluding hydrogens is 908 g/mol. The number of carbonyl (C=O) groups is 8. The molecule has 0 aromatic heterocycles. The van der Waals surface area contributed by atoms with Crippen LogP contribution in [0.5, 0.6) is 0 Å². The summed E-state index contributed by atoms with van der Waals surface area (Å²) in [5.74, 6) is -5.47. The zero-order chi connectivity index (χ0) is 51.4. The standard InChI is InChI=1S/C56H67ClN4O9/c1-33-12-14-37-29-44(33)45-31-41(15-13-34(45)2)52(50(65)28-36(4)53(67)60-46(30-37)49(64)27-35(3)47(62)24-25-51(58)66)61(8)54(68)42(11-9-10-26-59-55(69)70-56(5,6)7)32-48(63)40-18-16-38(17-19-40)39-20-22-43(57)23-21-39/h12-23,29,31,35-36,42,46,52H,9-11,24-28,30,32H2,1-8H3,(H2,58,66)(H,59,69)(H,60,67)/t35-,36-,42-,46+,52+/m1/s1. The Kier molecular flexibility index (Phi) is 19.0. The van der Waals surface area contributed by atoms with Crippen molar-refractivity contribution in [2.45, 2.75) is 124 Å². The number of nitrogens with one attached hydrogen (secondary N) is 2. The third kappa shape index (κ3) is 15.3. The molecule has 0 aliphatic carbocycles. The van der Waals surface area contributed by atoms with Crippen LogP contribution in [0.2, 0.25) is 5.02 Å². The molecule has 14 heteroatoms. The molecule has 0 spiro atoms. The van der Waals surface area contributed by atoms with E-state index in [2.05, 4.69) is 10.6 Å². The molecule has 0 fully saturated rings. The molecule has 0 saturated heterocycles. The largest absolute Gasteiger partial charge is 0.444 e. The first-order valence-corrected chi connectivity index (χ1v) is 24.4. The van der Waals surface area contributed by atoms with Crippen LogP contribution >= 0.6 is 11.6 Å². The van der Waals surface area contributed by atoms with Gasteiger partial charge in [-0.15, -0.1) is 0 Å². The van der Waals surface area contributed by atoms with Gasteiger partial charge in [-0.2, -0.15) is 0 Å². The van der Waals surface area contributed by atoms with Crippen LogP contribution in [0.15, 0.2) is 84.9 Å². The lowest BCUT2D eigenvalue weighted by Gasteiger charge is -2.32. The van der Waals surface area contributed by atoms with Crippen molar-refractivity contribution in [2.24, 2.45) is 23.5 Å². The molecule has 1 aliphatic rings. The summed E-state index contributed by atoms with van der Waals surface area (Å²) in [4.78, 5) is 110. The highest BCUT2D eigenvalue weighted by molar-refractivity contribution is 6.30. The van der Waals surface area contributed by atoms with Crippen molar-refractivity contribution < 1.29 is 43.1 Å². The number of nitrogens with two attached hydrogens (primary N) is 1. The highest BCUT2D eigenvalue weighted by Crippen LogP contribution is 2.35. The third-order valence-corrected chi connectivity index (χ3v) is 13.0. The van der Waals surface area contributed by atoms with E-state index in [9.17, 15) is 33.6 Å². The van der Waals surface area contributed by atoms with Gasteiger partial charge in [-0.25, -0.2) is 4.79 Å². The van der Waals surface area contributed by atoms with Gasteiger partial charge in [0.05, 0.1) is 6.04 Å². The van der Waals surface area contributed by atoms with Gasteiger partial charge in [0.1, 0.15) is 17.4 Å². The van der Waals surface area contributed by atoms with Gasteiger partial charge in [0.2, 0.25) is 17.7 Å². The Balaban J connectivity index is 1.47. The van der Waals surface area contributed by atoms with Crippen LogP contribution in [0.4, 0.5) is 4.79 Å². The number of halogens is 1. The molecule has 70 heavy (non-hydrogen) atoms. The number of hydrogen-bond donors (Lipinski definition) is 3. The molecule has 0 unspecified atom stereocenters. The first-order chi connectivity index (χ1) is 33.0. The van der Waals surface area contributed by atoms with E-state index >= 15 is 4.79 Å². The first kappa shape index (κ1) is 54.5. The Hall–Kier alpha value is -6.47. The molecule has 0 saturated carbocycles. The quantitative estimate of drug-likeness (QED) is 0.0642. The monoisotopic (exact) mass is 974 g/mol. The number of hydrogen-bond acceptors (Lipinski definition) is 9. The number of alkyl carbamates (subject to hydrolysis) is 1. The summed E-state index contributed by atoms with van der Waals surface area (Å²) in [6.07, 6.45) is -0.0659. The number of amides is 4. The van der Waals surface area contributed by atoms with Crippen molar-refractivity contribution in [3.05, 3.63) is 118 Å². The van der Waals surface area contributed by atoms with Crippen molar-refractivity contribution in [3.8, 4) is 22.3 Å². The fraction of sp³-hybridized carbons (Fsp3) is 0.429. The number of likely N-dealkylation sites (N-methyl/N-ethyl adjacent to an activating group) is 1. The number of rotatable bonds is 18. The zero-order valence-corrected chi connectivity index (χ0v) is 42.4. The van der Waals surface area contributed by atoms with E-state index in [0.717, 1.165) is 38.9 Å². The van der Waals surface area contributed by atoms with Gasteiger partial charge in [-0.1, -0.05) is 98.6 Å². The number of ketones is 4. The number of aryl methyl sites for hydroxylation is 2. The highest BCUT2D eigenvalue weighted by atomic mass is 35.5. The normalized spacial score (nSPS) is 17.0. The molecule has 1 heterocycles. The Morgan fingerprint density at radius 1 is 0.829 bits per heavy atom. The fourth-order valence-corrected chi connectivity index (χ4v) is 8.87. The Morgan fingerprint density at radius 3 is 2.07 bits per heavy atom. The minimum Gasteiger partial charge on any atom is -0.444 e. The molecule has 4 N–H and O–H groups in total. The Labute approximate surface area is 416 Å². The van der Waals surface area contributed by atoms with Crippen LogP contribution in [0, 0.1) is 31.6 Å². The van der Waals surface area contributed by atoms with E-state index in [4.69, 9.17) is 22.1 Å². The topological polar surface area (TPSA) is 199 Å². The molecule has 1 aliphatic heterocycles. The smallest absolute Gasteiger partial charge is 0.407 e. The first-order valence-electron chi connectivity index (χ1n) is 24.0. The van der Waals surface area contributed by atoms with Gasteiger partial charge in [0.15, 0.2) is 17.3 Å². The predicted octanol–water partition coefficient (Wildman–Crippen LogP) is 9.44. The summed E-state index contributed by atoms with van der Waals surface area (Å²) in [7, 11) is 1.55. The van der Waals surface area contributed by atoms with Crippen molar-refractivity contribution in [2.75, 3.05) is 13.6 Å². The summed E-state index contributed by atoms with van der Waals surface area (Å²) in [6.45, 7) is 12.7. The van der Waals surface area contributed by atoms with Crippen molar-refractivity contribution in [1.29, 1.82) is 0 Å². The van der Waals surface area contributed by atoms with Gasteiger partial charge < -0.3 is 26.0 Å². The van der Waals surface area contributed by atoms with Crippen molar-refractivity contribution >= 4 is 58.5 Å². The zero-order valence-electron chi connectivity index (χ0n) is 41.6.